The number of rotatable bonds is 4. The van der Waals surface area contributed by atoms with E-state index in [0.717, 1.165) is 17.8 Å². The predicted molar refractivity (Wildman–Crippen MR) is 64.1 cm³/mol. The van der Waals surface area contributed by atoms with Gasteiger partial charge in [-0.3, -0.25) is 0 Å². The summed E-state index contributed by atoms with van der Waals surface area (Å²) >= 11 is 0. The fourth-order valence-corrected chi connectivity index (χ4v) is 2.79. The van der Waals surface area contributed by atoms with Crippen LogP contribution in [0.15, 0.2) is 28.3 Å². The fraction of sp³-hybridized carbons (Fsp3) is 0.364. The van der Waals surface area contributed by atoms with E-state index in [-0.39, 0.29) is 6.54 Å². The molecule has 1 heterocycles. The zero-order chi connectivity index (χ0) is 14.0. The summed E-state index contributed by atoms with van der Waals surface area (Å²) in [4.78, 5) is 4.22. The van der Waals surface area contributed by atoms with Gasteiger partial charge in [0.2, 0.25) is 10.0 Å². The van der Waals surface area contributed by atoms with Gasteiger partial charge in [0.15, 0.2) is 0 Å². The zero-order valence-electron chi connectivity index (χ0n) is 10.1. The lowest BCUT2D eigenvalue weighted by molar-refractivity contribution is 0.0891. The largest absolute Gasteiger partial charge is 0.391 e. The Balaban J connectivity index is 2.08. The van der Waals surface area contributed by atoms with Crippen molar-refractivity contribution >= 4 is 15.7 Å². The number of oxime groups is 1. The molecule has 1 aliphatic rings. The number of benzene rings is 1. The van der Waals surface area contributed by atoms with Gasteiger partial charge in [0, 0.05) is 6.42 Å². The summed E-state index contributed by atoms with van der Waals surface area (Å²) in [6.07, 6.45) is 0.0696. The molecule has 0 aromatic heterocycles. The fourth-order valence-electron chi connectivity index (χ4n) is 1.64. The molecule has 104 valence electrons. The molecular weight excluding hydrogens is 278 g/mol. The molecule has 0 saturated heterocycles. The van der Waals surface area contributed by atoms with Gasteiger partial charge in [-0.1, -0.05) is 5.16 Å². The highest BCUT2D eigenvalue weighted by atomic mass is 32.2. The zero-order valence-corrected chi connectivity index (χ0v) is 10.9. The number of sulfonamides is 1. The monoisotopic (exact) mass is 290 g/mol. The van der Waals surface area contributed by atoms with Crippen molar-refractivity contribution in [3.8, 4) is 0 Å². The lowest BCUT2D eigenvalue weighted by Gasteiger charge is -2.11. The molecule has 0 fully saturated rings. The molecule has 1 aromatic rings. The molecule has 5 nitrogen and oxygen atoms in total. The van der Waals surface area contributed by atoms with Crippen LogP contribution in [0.2, 0.25) is 0 Å². The smallest absolute Gasteiger partial charge is 0.243 e. The van der Waals surface area contributed by atoms with Crippen molar-refractivity contribution in [1.29, 1.82) is 0 Å². The standard InChI is InChI=1S/C11H12F2N2O3S/c1-7-4-9(18-15-7)6-14-19(16,17)11-5-8(12)2-3-10(11)13/h2-3,5,9,14H,4,6H2,1H3/t9-/m1/s1. The van der Waals surface area contributed by atoms with Crippen LogP contribution in [0, 0.1) is 11.6 Å². The molecular formula is C11H12F2N2O3S. The van der Waals surface area contributed by atoms with Crippen LogP contribution in [0.1, 0.15) is 13.3 Å². The second kappa shape index (κ2) is 5.22. The summed E-state index contributed by atoms with van der Waals surface area (Å²) < 4.78 is 52.2. The molecule has 0 spiro atoms. The number of nitrogens with one attached hydrogen (secondary N) is 1. The number of halogens is 2. The van der Waals surface area contributed by atoms with Crippen molar-refractivity contribution in [1.82, 2.24) is 4.72 Å². The quantitative estimate of drug-likeness (QED) is 0.911. The van der Waals surface area contributed by atoms with E-state index >= 15 is 0 Å². The molecule has 1 aromatic carbocycles. The van der Waals surface area contributed by atoms with Crippen LogP contribution < -0.4 is 4.72 Å². The van der Waals surface area contributed by atoms with Gasteiger partial charge in [0.1, 0.15) is 22.6 Å². The Morgan fingerprint density at radius 3 is 2.84 bits per heavy atom. The summed E-state index contributed by atoms with van der Waals surface area (Å²) in [7, 11) is -4.11. The maximum Gasteiger partial charge on any atom is 0.243 e. The average molecular weight is 290 g/mol. The Bertz CT molecular complexity index is 616. The molecule has 0 amide bonds. The third kappa shape index (κ3) is 3.27. The van der Waals surface area contributed by atoms with E-state index in [1.54, 1.807) is 6.92 Å². The maximum absolute atomic E-state index is 13.4. The van der Waals surface area contributed by atoms with Crippen LogP contribution in [0.25, 0.3) is 0 Å². The molecule has 19 heavy (non-hydrogen) atoms. The molecule has 2 rings (SSSR count). The van der Waals surface area contributed by atoms with Gasteiger partial charge in [-0.2, -0.15) is 0 Å². The van der Waals surface area contributed by atoms with Crippen LogP contribution in [0.5, 0.6) is 0 Å². The summed E-state index contributed by atoms with van der Waals surface area (Å²) in [5.41, 5.74) is 0.751. The minimum absolute atomic E-state index is 0.0564. The second-order valence-electron chi connectivity index (χ2n) is 4.18. The van der Waals surface area contributed by atoms with Gasteiger partial charge < -0.3 is 4.84 Å². The minimum atomic E-state index is -4.11. The Morgan fingerprint density at radius 1 is 1.47 bits per heavy atom. The summed E-state index contributed by atoms with van der Waals surface area (Å²) in [5, 5.41) is 3.67. The van der Waals surface area contributed by atoms with E-state index in [4.69, 9.17) is 4.84 Å². The summed E-state index contributed by atoms with van der Waals surface area (Å²) in [6, 6.07) is 2.25. The number of hydrogen-bond donors (Lipinski definition) is 1. The first kappa shape index (κ1) is 13.9. The maximum atomic E-state index is 13.4. The number of nitrogens with zero attached hydrogens (tertiary/aromatic N) is 1. The Morgan fingerprint density at radius 2 is 2.21 bits per heavy atom. The molecule has 1 aliphatic heterocycles. The van der Waals surface area contributed by atoms with Crippen LogP contribution in [0.3, 0.4) is 0 Å². The third-order valence-electron chi connectivity index (χ3n) is 2.56. The van der Waals surface area contributed by atoms with Crippen LogP contribution in [-0.2, 0) is 14.9 Å². The van der Waals surface area contributed by atoms with Gasteiger partial charge in [0.05, 0.1) is 12.3 Å². The first-order valence-corrected chi connectivity index (χ1v) is 7.01. The van der Waals surface area contributed by atoms with Crippen LogP contribution in [0.4, 0.5) is 8.78 Å². The molecule has 1 atom stereocenters. The van der Waals surface area contributed by atoms with E-state index in [0.29, 0.717) is 12.5 Å². The molecule has 0 unspecified atom stereocenters. The van der Waals surface area contributed by atoms with E-state index in [1.807, 2.05) is 0 Å². The van der Waals surface area contributed by atoms with Crippen molar-refractivity contribution < 1.29 is 22.0 Å². The highest BCUT2D eigenvalue weighted by Gasteiger charge is 2.24. The summed E-state index contributed by atoms with van der Waals surface area (Å²) in [6.45, 7) is 1.69. The van der Waals surface area contributed by atoms with Gasteiger partial charge in [-0.05, 0) is 25.1 Å². The lowest BCUT2D eigenvalue weighted by atomic mass is 10.2. The third-order valence-corrected chi connectivity index (χ3v) is 4.00. The summed E-state index contributed by atoms with van der Waals surface area (Å²) in [5.74, 6) is -1.83. The molecule has 0 bridgehead atoms. The molecule has 8 heteroatoms. The van der Waals surface area contributed by atoms with Crippen LogP contribution >= 0.6 is 0 Å². The van der Waals surface area contributed by atoms with Gasteiger partial charge in [-0.25, -0.2) is 21.9 Å². The molecule has 0 aliphatic carbocycles. The van der Waals surface area contributed by atoms with Gasteiger partial charge >= 0.3 is 0 Å². The van der Waals surface area contributed by atoms with E-state index in [9.17, 15) is 17.2 Å². The molecule has 1 N–H and O–H groups in total. The Labute approximate surface area is 109 Å². The van der Waals surface area contributed by atoms with E-state index < -0.39 is 32.7 Å². The van der Waals surface area contributed by atoms with Crippen molar-refractivity contribution in [2.75, 3.05) is 6.54 Å². The van der Waals surface area contributed by atoms with Gasteiger partial charge in [0.25, 0.3) is 0 Å². The Hall–Kier alpha value is -1.54. The first-order chi connectivity index (χ1) is 8.88. The average Bonchev–Trinajstić information content (AvgIpc) is 2.76. The lowest BCUT2D eigenvalue weighted by Crippen LogP contribution is -2.32. The van der Waals surface area contributed by atoms with E-state index in [1.165, 1.54) is 0 Å². The molecule has 0 saturated carbocycles. The van der Waals surface area contributed by atoms with Crippen molar-refractivity contribution in [2.24, 2.45) is 5.16 Å². The van der Waals surface area contributed by atoms with Crippen molar-refractivity contribution in [3.63, 3.8) is 0 Å². The van der Waals surface area contributed by atoms with E-state index in [2.05, 4.69) is 9.88 Å². The van der Waals surface area contributed by atoms with Crippen molar-refractivity contribution in [2.45, 2.75) is 24.3 Å². The topological polar surface area (TPSA) is 67.8 Å². The first-order valence-electron chi connectivity index (χ1n) is 5.52. The Kier molecular flexibility index (Phi) is 3.81. The predicted octanol–water partition coefficient (Wildman–Crippen LogP) is 1.41. The van der Waals surface area contributed by atoms with Gasteiger partial charge in [-0.15, -0.1) is 0 Å². The highest BCUT2D eigenvalue weighted by Crippen LogP contribution is 2.16. The second-order valence-corrected chi connectivity index (χ2v) is 5.92. The SMILES string of the molecule is CC1=NO[C@@H](CNS(=O)(=O)c2cc(F)ccc2F)C1. The molecule has 0 radical (unpaired) electrons. The normalized spacial score (nSPS) is 19.1. The minimum Gasteiger partial charge on any atom is -0.391 e. The number of hydrogen-bond acceptors (Lipinski definition) is 4. The van der Waals surface area contributed by atoms with Crippen LogP contribution in [-0.4, -0.2) is 26.8 Å². The highest BCUT2D eigenvalue weighted by molar-refractivity contribution is 7.89. The van der Waals surface area contributed by atoms with Crippen molar-refractivity contribution in [3.05, 3.63) is 29.8 Å².